The van der Waals surface area contributed by atoms with Gasteiger partial charge in [-0.25, -0.2) is 22.9 Å². The second kappa shape index (κ2) is 9.70. The average Bonchev–Trinajstić information content (AvgIpc) is 2.61. The number of hydrogen-bond acceptors (Lipinski definition) is 6. The summed E-state index contributed by atoms with van der Waals surface area (Å²) >= 11 is 0. The molecule has 1 aromatic rings. The van der Waals surface area contributed by atoms with Crippen LogP contribution in [-0.4, -0.2) is 70.5 Å². The van der Waals surface area contributed by atoms with Crippen molar-refractivity contribution in [2.45, 2.75) is 12.8 Å². The second-order valence-electron chi connectivity index (χ2n) is 6.23. The number of sulfonamides is 1. The van der Waals surface area contributed by atoms with Gasteiger partial charge in [-0.3, -0.25) is 0 Å². The maximum absolute atomic E-state index is 12.4. The van der Waals surface area contributed by atoms with Crippen LogP contribution in [0.4, 0.5) is 10.5 Å². The predicted molar refractivity (Wildman–Crippen MR) is 97.8 cm³/mol. The number of aromatic nitrogens is 1. The van der Waals surface area contributed by atoms with Crippen LogP contribution >= 0.6 is 0 Å². The zero-order valence-electron chi connectivity index (χ0n) is 15.1. The van der Waals surface area contributed by atoms with Crippen molar-refractivity contribution in [3.63, 3.8) is 0 Å². The fraction of sp³-hybridized carbons (Fsp3) is 0.625. The number of likely N-dealkylation sites (tertiary alicyclic amines) is 1. The first-order valence-electron chi connectivity index (χ1n) is 8.46. The van der Waals surface area contributed by atoms with Crippen molar-refractivity contribution in [2.75, 3.05) is 51.5 Å². The molecule has 2 N–H and O–H groups in total. The Hall–Kier alpha value is -1.91. The number of carbonyl (C=O) groups is 1. The molecule has 26 heavy (non-hydrogen) atoms. The lowest BCUT2D eigenvalue weighted by molar-refractivity contribution is 0.144. The number of nitrogens with one attached hydrogen (secondary N) is 2. The lowest BCUT2D eigenvalue weighted by Gasteiger charge is -2.32. The summed E-state index contributed by atoms with van der Waals surface area (Å²) in [5, 5.41) is 2.80. The number of methoxy groups -OCH3 is 1. The standard InChI is InChI=1S/C16H26N4O5S/c1-24-8-9-25-15-6-5-14(11-17-15)19-16(21)20-7-3-4-13(12-20)10-18-26(2,22)23/h5-6,11,13,18H,3-4,7-10,12H2,1-2H3,(H,19,21)/t13-/m0/s1. The maximum Gasteiger partial charge on any atom is 0.321 e. The van der Waals surface area contributed by atoms with Crippen LogP contribution in [0.15, 0.2) is 18.3 Å². The Labute approximate surface area is 154 Å². The number of pyridine rings is 1. The molecule has 0 aliphatic carbocycles. The van der Waals surface area contributed by atoms with Crippen molar-refractivity contribution in [1.82, 2.24) is 14.6 Å². The highest BCUT2D eigenvalue weighted by Gasteiger charge is 2.24. The van der Waals surface area contributed by atoms with Crippen LogP contribution in [-0.2, 0) is 14.8 Å². The first-order chi connectivity index (χ1) is 12.4. The molecule has 1 saturated heterocycles. The van der Waals surface area contributed by atoms with Crippen molar-refractivity contribution in [3.05, 3.63) is 18.3 Å². The number of piperidine rings is 1. The molecular formula is C16H26N4O5S. The van der Waals surface area contributed by atoms with E-state index in [1.807, 2.05) is 0 Å². The van der Waals surface area contributed by atoms with Gasteiger partial charge in [0.25, 0.3) is 0 Å². The van der Waals surface area contributed by atoms with Gasteiger partial charge >= 0.3 is 6.03 Å². The number of ether oxygens (including phenoxy) is 2. The van der Waals surface area contributed by atoms with Crippen LogP contribution in [0.3, 0.4) is 0 Å². The maximum atomic E-state index is 12.4. The molecule has 1 fully saturated rings. The monoisotopic (exact) mass is 386 g/mol. The van der Waals surface area contributed by atoms with Gasteiger partial charge in [-0.2, -0.15) is 0 Å². The van der Waals surface area contributed by atoms with Crippen molar-refractivity contribution in [3.8, 4) is 5.88 Å². The van der Waals surface area contributed by atoms with E-state index in [-0.39, 0.29) is 11.9 Å². The summed E-state index contributed by atoms with van der Waals surface area (Å²) in [5.74, 6) is 0.573. The summed E-state index contributed by atoms with van der Waals surface area (Å²) < 4.78 is 35.2. The van der Waals surface area contributed by atoms with Gasteiger partial charge in [-0.1, -0.05) is 0 Å². The first kappa shape index (κ1) is 20.4. The van der Waals surface area contributed by atoms with Gasteiger partial charge in [0.1, 0.15) is 6.61 Å². The van der Waals surface area contributed by atoms with Gasteiger partial charge in [0.05, 0.1) is 24.7 Å². The van der Waals surface area contributed by atoms with Crippen molar-refractivity contribution < 1.29 is 22.7 Å². The lowest BCUT2D eigenvalue weighted by atomic mass is 9.99. The number of rotatable bonds is 8. The zero-order valence-corrected chi connectivity index (χ0v) is 15.9. The van der Waals surface area contributed by atoms with E-state index >= 15 is 0 Å². The van der Waals surface area contributed by atoms with Gasteiger partial charge in [-0.05, 0) is 24.8 Å². The van der Waals surface area contributed by atoms with Gasteiger partial charge in [0.2, 0.25) is 15.9 Å². The highest BCUT2D eigenvalue weighted by Crippen LogP contribution is 2.18. The van der Waals surface area contributed by atoms with E-state index < -0.39 is 10.0 Å². The molecule has 0 bridgehead atoms. The van der Waals surface area contributed by atoms with E-state index in [1.54, 1.807) is 24.1 Å². The molecule has 10 heteroatoms. The van der Waals surface area contributed by atoms with Crippen LogP contribution in [0.25, 0.3) is 0 Å². The van der Waals surface area contributed by atoms with Crippen molar-refractivity contribution in [2.24, 2.45) is 5.92 Å². The number of anilines is 1. The summed E-state index contributed by atoms with van der Waals surface area (Å²) in [4.78, 5) is 18.2. The number of nitrogens with zero attached hydrogens (tertiary/aromatic N) is 2. The molecule has 0 radical (unpaired) electrons. The number of hydrogen-bond donors (Lipinski definition) is 2. The van der Waals surface area contributed by atoms with Gasteiger partial charge < -0.3 is 19.7 Å². The summed E-state index contributed by atoms with van der Waals surface area (Å²) in [7, 11) is -1.62. The quantitative estimate of drug-likeness (QED) is 0.643. The van der Waals surface area contributed by atoms with E-state index in [4.69, 9.17) is 9.47 Å². The molecule has 2 amide bonds. The molecule has 9 nitrogen and oxygen atoms in total. The molecule has 2 heterocycles. The minimum Gasteiger partial charge on any atom is -0.475 e. The summed E-state index contributed by atoms with van der Waals surface area (Å²) in [6.07, 6.45) is 4.40. The fourth-order valence-electron chi connectivity index (χ4n) is 2.66. The number of amides is 2. The molecule has 1 aliphatic rings. The van der Waals surface area contributed by atoms with Crippen LogP contribution < -0.4 is 14.8 Å². The third-order valence-electron chi connectivity index (χ3n) is 3.97. The van der Waals surface area contributed by atoms with E-state index in [0.717, 1.165) is 19.1 Å². The Bertz CT molecular complexity index is 680. The summed E-state index contributed by atoms with van der Waals surface area (Å²) in [6.45, 7) is 2.39. The highest BCUT2D eigenvalue weighted by atomic mass is 32.2. The van der Waals surface area contributed by atoms with Crippen LogP contribution in [0.2, 0.25) is 0 Å². The Morgan fingerprint density at radius 1 is 1.38 bits per heavy atom. The molecule has 1 aromatic heterocycles. The van der Waals surface area contributed by atoms with Gasteiger partial charge in [-0.15, -0.1) is 0 Å². The average molecular weight is 386 g/mol. The Kier molecular flexibility index (Phi) is 7.61. The molecule has 2 rings (SSSR count). The number of carbonyl (C=O) groups excluding carboxylic acids is 1. The molecule has 0 unspecified atom stereocenters. The van der Waals surface area contributed by atoms with Gasteiger partial charge in [0.15, 0.2) is 0 Å². The Morgan fingerprint density at radius 3 is 2.85 bits per heavy atom. The predicted octanol–water partition coefficient (Wildman–Crippen LogP) is 0.900. The molecule has 146 valence electrons. The topological polar surface area (TPSA) is 110 Å². The Balaban J connectivity index is 1.82. The van der Waals surface area contributed by atoms with E-state index in [0.29, 0.717) is 44.4 Å². The zero-order chi connectivity index (χ0) is 19.0. The van der Waals surface area contributed by atoms with Gasteiger partial charge in [0, 0.05) is 32.8 Å². The highest BCUT2D eigenvalue weighted by molar-refractivity contribution is 7.88. The molecule has 0 spiro atoms. The first-order valence-corrected chi connectivity index (χ1v) is 10.3. The SMILES string of the molecule is COCCOc1ccc(NC(=O)N2CCC[C@@H](CNS(C)(=O)=O)C2)cn1. The molecule has 1 aliphatic heterocycles. The minimum atomic E-state index is -3.22. The third kappa shape index (κ3) is 7.14. The minimum absolute atomic E-state index is 0.110. The third-order valence-corrected chi connectivity index (χ3v) is 4.66. The summed E-state index contributed by atoms with van der Waals surface area (Å²) in [5.41, 5.74) is 0.575. The smallest absolute Gasteiger partial charge is 0.321 e. The van der Waals surface area contributed by atoms with Crippen molar-refractivity contribution >= 4 is 21.7 Å². The number of urea groups is 1. The van der Waals surface area contributed by atoms with E-state index in [2.05, 4.69) is 15.0 Å². The van der Waals surface area contributed by atoms with E-state index in [1.165, 1.54) is 6.20 Å². The van der Waals surface area contributed by atoms with E-state index in [9.17, 15) is 13.2 Å². The van der Waals surface area contributed by atoms with Crippen LogP contribution in [0, 0.1) is 5.92 Å². The second-order valence-corrected chi connectivity index (χ2v) is 8.06. The normalized spacial score (nSPS) is 17.8. The summed E-state index contributed by atoms with van der Waals surface area (Å²) in [6, 6.07) is 3.18. The molecule has 0 aromatic carbocycles. The lowest BCUT2D eigenvalue weighted by Crippen LogP contribution is -2.45. The molecule has 1 atom stereocenters. The molecule has 0 saturated carbocycles. The molecular weight excluding hydrogens is 360 g/mol. The Morgan fingerprint density at radius 2 is 2.19 bits per heavy atom. The van der Waals surface area contributed by atoms with Crippen LogP contribution in [0.1, 0.15) is 12.8 Å². The largest absolute Gasteiger partial charge is 0.475 e. The van der Waals surface area contributed by atoms with Crippen molar-refractivity contribution in [1.29, 1.82) is 0 Å². The fourth-order valence-corrected chi connectivity index (χ4v) is 3.20. The van der Waals surface area contributed by atoms with Crippen LogP contribution in [0.5, 0.6) is 5.88 Å².